The Morgan fingerprint density at radius 2 is 1.59 bits per heavy atom. The van der Waals surface area contributed by atoms with Crippen molar-refractivity contribution >= 4 is 11.6 Å². The van der Waals surface area contributed by atoms with E-state index in [-0.39, 0.29) is 16.7 Å². The Labute approximate surface area is 176 Å². The summed E-state index contributed by atoms with van der Waals surface area (Å²) in [5, 5.41) is 10.9. The summed E-state index contributed by atoms with van der Waals surface area (Å²) in [7, 11) is 1.83. The highest BCUT2D eigenvalue weighted by atomic mass is 16.3. The number of para-hydroxylation sites is 1. The van der Waals surface area contributed by atoms with Crippen LogP contribution in [0, 0.1) is 26.2 Å². The fraction of sp³-hybridized carbons (Fsp3) is 0.500. The van der Waals surface area contributed by atoms with Gasteiger partial charge >= 0.3 is 0 Å². The number of carbonyl (C=O) groups excluding carboxylic acids is 1. The maximum absolute atomic E-state index is 13.1. The smallest absolute Gasteiger partial charge is 0.231 e. The van der Waals surface area contributed by atoms with E-state index in [1.165, 1.54) is 0 Å². The van der Waals surface area contributed by atoms with Crippen molar-refractivity contribution < 1.29 is 9.90 Å². The van der Waals surface area contributed by atoms with Gasteiger partial charge in [-0.3, -0.25) is 4.79 Å². The van der Waals surface area contributed by atoms with Crippen LogP contribution in [-0.2, 0) is 16.6 Å². The summed E-state index contributed by atoms with van der Waals surface area (Å²) in [6.07, 6.45) is 1.25. The standard InChI is InChI=1S/C26H37NO2/c1-17-12-10-11-13-22(17)27(9)23(28)15-20-14-21(24(29)19(3)18(20)2)26(7,8)16-25(4,5)6/h10-14,29H,15-16H2,1-9H3. The summed E-state index contributed by atoms with van der Waals surface area (Å²) in [6.45, 7) is 17.0. The number of benzene rings is 2. The molecule has 2 aromatic rings. The molecular formula is C26H37NO2. The fourth-order valence-corrected chi connectivity index (χ4v) is 4.45. The Kier molecular flexibility index (Phi) is 6.51. The van der Waals surface area contributed by atoms with Gasteiger partial charge in [-0.15, -0.1) is 0 Å². The lowest BCUT2D eigenvalue weighted by molar-refractivity contribution is -0.117. The Hall–Kier alpha value is -2.29. The van der Waals surface area contributed by atoms with Crippen molar-refractivity contribution in [1.29, 1.82) is 0 Å². The van der Waals surface area contributed by atoms with E-state index in [1.54, 1.807) is 4.90 Å². The summed E-state index contributed by atoms with van der Waals surface area (Å²) < 4.78 is 0. The minimum Gasteiger partial charge on any atom is -0.507 e. The van der Waals surface area contributed by atoms with Gasteiger partial charge in [0.05, 0.1) is 6.42 Å². The van der Waals surface area contributed by atoms with Crippen LogP contribution in [0.3, 0.4) is 0 Å². The zero-order valence-electron chi connectivity index (χ0n) is 19.6. The van der Waals surface area contributed by atoms with Gasteiger partial charge in [-0.2, -0.15) is 0 Å². The maximum atomic E-state index is 13.1. The van der Waals surface area contributed by atoms with Gasteiger partial charge in [-0.05, 0) is 66.3 Å². The molecule has 2 aromatic carbocycles. The second-order valence-electron chi connectivity index (χ2n) is 10.2. The molecule has 158 valence electrons. The zero-order chi connectivity index (χ0) is 22.1. The van der Waals surface area contributed by atoms with Gasteiger partial charge in [0.1, 0.15) is 5.75 Å². The molecule has 0 saturated carbocycles. The van der Waals surface area contributed by atoms with Crippen LogP contribution in [0.4, 0.5) is 5.69 Å². The largest absolute Gasteiger partial charge is 0.507 e. The molecule has 0 spiro atoms. The van der Waals surface area contributed by atoms with Crippen LogP contribution in [0.15, 0.2) is 30.3 Å². The molecular weight excluding hydrogens is 358 g/mol. The van der Waals surface area contributed by atoms with Crippen molar-refractivity contribution in [2.45, 2.75) is 73.6 Å². The average molecular weight is 396 g/mol. The molecule has 0 fully saturated rings. The Balaban J connectivity index is 2.42. The second kappa shape index (κ2) is 8.22. The van der Waals surface area contributed by atoms with E-state index in [0.29, 0.717) is 12.2 Å². The van der Waals surface area contributed by atoms with E-state index >= 15 is 0 Å². The summed E-state index contributed by atoms with van der Waals surface area (Å²) in [4.78, 5) is 14.8. The van der Waals surface area contributed by atoms with Crippen LogP contribution in [0.2, 0.25) is 0 Å². The molecule has 0 heterocycles. The van der Waals surface area contributed by atoms with Gasteiger partial charge < -0.3 is 10.0 Å². The number of likely N-dealkylation sites (N-methyl/N-ethyl adjacent to an activating group) is 1. The lowest BCUT2D eigenvalue weighted by Crippen LogP contribution is -2.29. The van der Waals surface area contributed by atoms with Gasteiger partial charge in [-0.25, -0.2) is 0 Å². The van der Waals surface area contributed by atoms with Gasteiger partial charge in [0.15, 0.2) is 0 Å². The van der Waals surface area contributed by atoms with E-state index in [4.69, 9.17) is 0 Å². The molecule has 1 amide bonds. The van der Waals surface area contributed by atoms with E-state index in [2.05, 4.69) is 34.6 Å². The molecule has 0 aliphatic carbocycles. The molecule has 3 heteroatoms. The molecule has 0 radical (unpaired) electrons. The molecule has 0 unspecified atom stereocenters. The number of anilines is 1. The Morgan fingerprint density at radius 3 is 2.14 bits per heavy atom. The van der Waals surface area contributed by atoms with Gasteiger partial charge in [-0.1, -0.05) is 58.9 Å². The number of hydrogen-bond donors (Lipinski definition) is 1. The quantitative estimate of drug-likeness (QED) is 0.651. The molecule has 0 bridgehead atoms. The zero-order valence-corrected chi connectivity index (χ0v) is 19.6. The summed E-state index contributed by atoms with van der Waals surface area (Å²) in [5.41, 5.74) is 5.72. The van der Waals surface area contributed by atoms with Crippen molar-refractivity contribution in [2.75, 3.05) is 11.9 Å². The predicted octanol–water partition coefficient (Wildman–Crippen LogP) is 6.24. The number of nitrogens with zero attached hydrogens (tertiary/aromatic N) is 1. The van der Waals surface area contributed by atoms with Crippen LogP contribution in [0.5, 0.6) is 5.75 Å². The highest BCUT2D eigenvalue weighted by molar-refractivity contribution is 5.95. The fourth-order valence-electron chi connectivity index (χ4n) is 4.45. The van der Waals surface area contributed by atoms with Crippen LogP contribution < -0.4 is 4.90 Å². The number of phenolic OH excluding ortho intramolecular Hbond substituents is 1. The number of carbonyl (C=O) groups is 1. The second-order valence-corrected chi connectivity index (χ2v) is 10.2. The van der Waals surface area contributed by atoms with Crippen molar-refractivity contribution in [1.82, 2.24) is 0 Å². The third-order valence-corrected chi connectivity index (χ3v) is 5.87. The minimum absolute atomic E-state index is 0.0482. The van der Waals surface area contributed by atoms with E-state index in [0.717, 1.165) is 39.9 Å². The van der Waals surface area contributed by atoms with Crippen molar-refractivity contribution in [2.24, 2.45) is 5.41 Å². The SMILES string of the molecule is Cc1ccccc1N(C)C(=O)Cc1cc(C(C)(C)CC(C)(C)C)c(O)c(C)c1C. The summed E-state index contributed by atoms with van der Waals surface area (Å²) >= 11 is 0. The normalized spacial score (nSPS) is 12.2. The van der Waals surface area contributed by atoms with E-state index in [9.17, 15) is 9.90 Å². The predicted molar refractivity (Wildman–Crippen MR) is 123 cm³/mol. The number of hydrogen-bond acceptors (Lipinski definition) is 2. The topological polar surface area (TPSA) is 40.5 Å². The third-order valence-electron chi connectivity index (χ3n) is 5.87. The lowest BCUT2D eigenvalue weighted by atomic mass is 9.71. The number of aromatic hydroxyl groups is 1. The van der Waals surface area contributed by atoms with Crippen molar-refractivity contribution in [3.8, 4) is 5.75 Å². The number of phenols is 1. The molecule has 0 aliphatic rings. The van der Waals surface area contributed by atoms with E-state index in [1.807, 2.05) is 58.2 Å². The van der Waals surface area contributed by atoms with Gasteiger partial charge in [0.2, 0.25) is 5.91 Å². The number of rotatable bonds is 5. The maximum Gasteiger partial charge on any atom is 0.231 e. The Morgan fingerprint density at radius 1 is 1.00 bits per heavy atom. The lowest BCUT2D eigenvalue weighted by Gasteiger charge is -2.34. The highest BCUT2D eigenvalue weighted by Gasteiger charge is 2.31. The third kappa shape index (κ3) is 5.20. The van der Waals surface area contributed by atoms with Crippen LogP contribution in [-0.4, -0.2) is 18.1 Å². The number of aryl methyl sites for hydroxylation is 1. The monoisotopic (exact) mass is 395 g/mol. The molecule has 0 aromatic heterocycles. The Bertz CT molecular complexity index is 904. The van der Waals surface area contributed by atoms with E-state index < -0.39 is 0 Å². The molecule has 3 nitrogen and oxygen atoms in total. The van der Waals surface area contributed by atoms with Crippen LogP contribution in [0.1, 0.15) is 68.9 Å². The molecule has 29 heavy (non-hydrogen) atoms. The number of amides is 1. The molecule has 0 aliphatic heterocycles. The average Bonchev–Trinajstić information content (AvgIpc) is 2.59. The van der Waals surface area contributed by atoms with Crippen molar-refractivity contribution in [3.05, 3.63) is 58.1 Å². The molecule has 2 rings (SSSR count). The first kappa shape index (κ1) is 23.0. The first-order valence-electron chi connectivity index (χ1n) is 10.4. The van der Waals surface area contributed by atoms with Gasteiger partial charge in [0.25, 0.3) is 0 Å². The van der Waals surface area contributed by atoms with Crippen molar-refractivity contribution in [3.63, 3.8) is 0 Å². The molecule has 0 saturated heterocycles. The first-order valence-corrected chi connectivity index (χ1v) is 10.4. The molecule has 1 N–H and O–H groups in total. The van der Waals surface area contributed by atoms with Crippen LogP contribution in [0.25, 0.3) is 0 Å². The highest BCUT2D eigenvalue weighted by Crippen LogP contribution is 2.42. The summed E-state index contributed by atoms with van der Waals surface area (Å²) in [5.74, 6) is 0.410. The van der Waals surface area contributed by atoms with Crippen LogP contribution >= 0.6 is 0 Å². The molecule has 0 atom stereocenters. The summed E-state index contributed by atoms with van der Waals surface area (Å²) in [6, 6.07) is 9.97. The van der Waals surface area contributed by atoms with Gasteiger partial charge in [0, 0.05) is 18.3 Å². The minimum atomic E-state index is -0.194. The first-order chi connectivity index (χ1) is 13.2.